The lowest BCUT2D eigenvalue weighted by Crippen LogP contribution is -2.60. The number of amides is 1. The molecule has 0 unspecified atom stereocenters. The predicted octanol–water partition coefficient (Wildman–Crippen LogP) is 0.469. The molecule has 2 aromatic rings. The van der Waals surface area contributed by atoms with Crippen molar-refractivity contribution in [1.82, 2.24) is 0 Å². The summed E-state index contributed by atoms with van der Waals surface area (Å²) in [5.74, 6) is -1.53. The van der Waals surface area contributed by atoms with Gasteiger partial charge < -0.3 is 40.3 Å². The van der Waals surface area contributed by atoms with E-state index in [0.717, 1.165) is 0 Å². The molecule has 1 heterocycles. The summed E-state index contributed by atoms with van der Waals surface area (Å²) in [5.41, 5.74) is 0.607. The molecule has 0 radical (unpaired) electrons. The van der Waals surface area contributed by atoms with Gasteiger partial charge in [0.05, 0.1) is 17.2 Å². The van der Waals surface area contributed by atoms with Crippen LogP contribution < -0.4 is 10.1 Å². The van der Waals surface area contributed by atoms with Gasteiger partial charge in [0.2, 0.25) is 6.29 Å². The molecule has 0 bridgehead atoms. The second-order valence-electron chi connectivity index (χ2n) is 6.80. The van der Waals surface area contributed by atoms with E-state index in [9.17, 15) is 30.0 Å². The van der Waals surface area contributed by atoms with Crippen molar-refractivity contribution in [2.75, 3.05) is 11.9 Å². The van der Waals surface area contributed by atoms with Crippen molar-refractivity contribution < 1.29 is 44.6 Å². The fourth-order valence-electron chi connectivity index (χ4n) is 2.93. The van der Waals surface area contributed by atoms with E-state index in [4.69, 9.17) is 26.2 Å². The number of rotatable bonds is 6. The lowest BCUT2D eigenvalue weighted by Gasteiger charge is -2.39. The molecule has 1 amide bonds. The second kappa shape index (κ2) is 9.60. The first-order valence-corrected chi connectivity index (χ1v) is 9.50. The normalized spacial score (nSPS) is 25.6. The number of carboxylic acids is 1. The molecule has 0 aromatic heterocycles. The number of hydrogen-bond acceptors (Lipinski definition) is 8. The Morgan fingerprint density at radius 1 is 1.00 bits per heavy atom. The Bertz CT molecular complexity index is 950. The molecule has 0 spiro atoms. The number of benzene rings is 2. The highest BCUT2D eigenvalue weighted by molar-refractivity contribution is 6.32. The van der Waals surface area contributed by atoms with E-state index in [-0.39, 0.29) is 21.9 Å². The van der Waals surface area contributed by atoms with E-state index in [1.807, 2.05) is 0 Å². The lowest BCUT2D eigenvalue weighted by molar-refractivity contribution is -0.277. The van der Waals surface area contributed by atoms with E-state index in [1.165, 1.54) is 42.5 Å². The summed E-state index contributed by atoms with van der Waals surface area (Å²) in [5, 5.41) is 50.5. The maximum absolute atomic E-state index is 12.3. The van der Waals surface area contributed by atoms with Gasteiger partial charge in [0.15, 0.2) is 0 Å². The largest absolute Gasteiger partial charge is 0.478 e. The molecule has 166 valence electrons. The Labute approximate surface area is 181 Å². The van der Waals surface area contributed by atoms with Crippen LogP contribution in [0.2, 0.25) is 5.02 Å². The molecule has 0 saturated carbocycles. The highest BCUT2D eigenvalue weighted by atomic mass is 35.5. The van der Waals surface area contributed by atoms with Crippen LogP contribution in [0.3, 0.4) is 0 Å². The van der Waals surface area contributed by atoms with Gasteiger partial charge in [-0.15, -0.1) is 0 Å². The zero-order valence-corrected chi connectivity index (χ0v) is 16.6. The van der Waals surface area contributed by atoms with E-state index >= 15 is 0 Å². The Kier molecular flexibility index (Phi) is 7.11. The van der Waals surface area contributed by atoms with E-state index < -0.39 is 49.2 Å². The maximum atomic E-state index is 12.3. The van der Waals surface area contributed by atoms with Crippen LogP contribution in [-0.4, -0.2) is 74.7 Å². The first-order chi connectivity index (χ1) is 14.7. The topological polar surface area (TPSA) is 166 Å². The van der Waals surface area contributed by atoms with Gasteiger partial charge in [0.1, 0.15) is 30.2 Å². The van der Waals surface area contributed by atoms with Gasteiger partial charge in [0, 0.05) is 11.3 Å². The van der Waals surface area contributed by atoms with Crippen molar-refractivity contribution in [2.45, 2.75) is 30.7 Å². The van der Waals surface area contributed by atoms with Gasteiger partial charge in [-0.3, -0.25) is 4.79 Å². The highest BCUT2D eigenvalue weighted by Crippen LogP contribution is 2.31. The molecule has 11 heteroatoms. The van der Waals surface area contributed by atoms with Crippen LogP contribution in [0, 0.1) is 0 Å². The Hall–Kier alpha value is -2.73. The van der Waals surface area contributed by atoms with E-state index in [1.54, 1.807) is 0 Å². The molecule has 1 aliphatic rings. The quantitative estimate of drug-likeness (QED) is 0.364. The van der Waals surface area contributed by atoms with Crippen molar-refractivity contribution >= 4 is 29.2 Å². The number of aliphatic hydroxyl groups excluding tert-OH is 4. The Morgan fingerprint density at radius 2 is 1.65 bits per heavy atom. The van der Waals surface area contributed by atoms with Crippen LogP contribution in [-0.2, 0) is 4.74 Å². The number of ether oxygens (including phenoxy) is 2. The SMILES string of the molecule is O=C(O)c1ccc(C(=O)Nc2ccc(O[C@H]3O[C@H](CO)[C@@H](O)[C@H](O)[C@@H]3O)c(Cl)c2)cc1. The van der Waals surface area contributed by atoms with Crippen LogP contribution >= 0.6 is 11.6 Å². The van der Waals surface area contributed by atoms with Gasteiger partial charge >= 0.3 is 5.97 Å². The highest BCUT2D eigenvalue weighted by Gasteiger charge is 2.44. The van der Waals surface area contributed by atoms with Gasteiger partial charge in [-0.05, 0) is 42.5 Å². The molecular formula is C20H20ClNO9. The van der Waals surface area contributed by atoms with Crippen LogP contribution in [0.5, 0.6) is 5.75 Å². The third kappa shape index (κ3) is 5.13. The van der Waals surface area contributed by atoms with E-state index in [2.05, 4.69) is 5.32 Å². The number of carbonyl (C=O) groups is 2. The summed E-state index contributed by atoms with van der Waals surface area (Å²) in [6, 6.07) is 9.60. The summed E-state index contributed by atoms with van der Waals surface area (Å²) in [4.78, 5) is 23.2. The fourth-order valence-corrected chi connectivity index (χ4v) is 3.16. The maximum Gasteiger partial charge on any atom is 0.335 e. The molecule has 1 fully saturated rings. The lowest BCUT2D eigenvalue weighted by atomic mass is 9.99. The van der Waals surface area contributed by atoms with Gasteiger partial charge in [-0.25, -0.2) is 4.79 Å². The van der Waals surface area contributed by atoms with Crippen molar-refractivity contribution in [1.29, 1.82) is 0 Å². The molecule has 2 aromatic carbocycles. The average molecular weight is 454 g/mol. The van der Waals surface area contributed by atoms with E-state index in [0.29, 0.717) is 5.69 Å². The Morgan fingerprint density at radius 3 is 2.23 bits per heavy atom. The fraction of sp³-hybridized carbons (Fsp3) is 0.300. The number of aliphatic hydroxyl groups is 4. The average Bonchev–Trinajstić information content (AvgIpc) is 2.75. The Balaban J connectivity index is 1.68. The van der Waals surface area contributed by atoms with Gasteiger partial charge in [0.25, 0.3) is 5.91 Å². The summed E-state index contributed by atoms with van der Waals surface area (Å²) in [6.07, 6.45) is -7.24. The molecule has 5 atom stereocenters. The second-order valence-corrected chi connectivity index (χ2v) is 7.20. The number of carboxylic acid groups (broad SMARTS) is 1. The minimum atomic E-state index is -1.60. The molecule has 1 saturated heterocycles. The molecule has 3 rings (SSSR count). The zero-order valence-electron chi connectivity index (χ0n) is 15.9. The van der Waals surface area contributed by atoms with Crippen LogP contribution in [0.4, 0.5) is 5.69 Å². The summed E-state index contributed by atoms with van der Waals surface area (Å²) in [6.45, 7) is -0.600. The number of nitrogens with one attached hydrogen (secondary N) is 1. The number of hydrogen-bond donors (Lipinski definition) is 6. The summed E-state index contributed by atoms with van der Waals surface area (Å²) in [7, 11) is 0. The number of carbonyl (C=O) groups excluding carboxylic acids is 1. The first kappa shape index (κ1) is 22.9. The summed E-state index contributed by atoms with van der Waals surface area (Å²) < 4.78 is 10.7. The first-order valence-electron chi connectivity index (χ1n) is 9.12. The third-order valence-corrected chi connectivity index (χ3v) is 4.97. The van der Waals surface area contributed by atoms with Gasteiger partial charge in [-0.1, -0.05) is 11.6 Å². The van der Waals surface area contributed by atoms with Crippen LogP contribution in [0.1, 0.15) is 20.7 Å². The third-order valence-electron chi connectivity index (χ3n) is 4.68. The number of halogens is 1. The molecule has 1 aliphatic heterocycles. The summed E-state index contributed by atoms with van der Waals surface area (Å²) >= 11 is 6.18. The molecule has 10 nitrogen and oxygen atoms in total. The number of aromatic carboxylic acids is 1. The molecular weight excluding hydrogens is 434 g/mol. The standard InChI is InChI=1S/C20H20ClNO9/c21-12-7-11(22-18(27)9-1-3-10(4-2-9)19(28)29)5-6-13(12)30-20-17(26)16(25)15(24)14(8-23)31-20/h1-7,14-17,20,23-26H,8H2,(H,22,27)(H,28,29)/t14-,15-,16+,17+,20+/m1/s1. The minimum absolute atomic E-state index is 0.0503. The molecule has 31 heavy (non-hydrogen) atoms. The van der Waals surface area contributed by atoms with Gasteiger partial charge in [-0.2, -0.15) is 0 Å². The smallest absolute Gasteiger partial charge is 0.335 e. The number of anilines is 1. The monoisotopic (exact) mass is 453 g/mol. The molecule has 6 N–H and O–H groups in total. The van der Waals surface area contributed by atoms with Crippen molar-refractivity contribution in [3.63, 3.8) is 0 Å². The van der Waals surface area contributed by atoms with Crippen molar-refractivity contribution in [3.8, 4) is 5.75 Å². The minimum Gasteiger partial charge on any atom is -0.478 e. The van der Waals surface area contributed by atoms with Crippen LogP contribution in [0.25, 0.3) is 0 Å². The predicted molar refractivity (Wildman–Crippen MR) is 107 cm³/mol. The van der Waals surface area contributed by atoms with Crippen LogP contribution in [0.15, 0.2) is 42.5 Å². The van der Waals surface area contributed by atoms with Crippen molar-refractivity contribution in [3.05, 3.63) is 58.6 Å². The molecule has 0 aliphatic carbocycles. The zero-order chi connectivity index (χ0) is 22.7. The van der Waals surface area contributed by atoms with Crippen molar-refractivity contribution in [2.24, 2.45) is 0 Å².